The molecule has 1 heterocycles. The Kier molecular flexibility index (Phi) is 3.54. The van der Waals surface area contributed by atoms with E-state index in [1.807, 2.05) is 0 Å². The normalized spacial score (nSPS) is 10.3. The van der Waals surface area contributed by atoms with Crippen LogP contribution in [-0.4, -0.2) is 4.98 Å². The molecule has 0 atom stereocenters. The minimum Gasteiger partial charge on any atom is -0.486 e. The molecule has 17 heavy (non-hydrogen) atoms. The average molecular weight is 256 g/mol. The Labute approximate surface area is 102 Å². The molecule has 0 aliphatic carbocycles. The molecule has 0 saturated carbocycles. The fourth-order valence-electron chi connectivity index (χ4n) is 1.27. The molecule has 0 amide bonds. The van der Waals surface area contributed by atoms with Crippen LogP contribution in [0.15, 0.2) is 36.5 Å². The average Bonchev–Trinajstić information content (AvgIpc) is 2.30. The van der Waals surface area contributed by atoms with Crippen molar-refractivity contribution in [3.8, 4) is 5.75 Å². The molecular formula is C12H8ClF2NO. The van der Waals surface area contributed by atoms with E-state index in [9.17, 15) is 8.78 Å². The van der Waals surface area contributed by atoms with Crippen LogP contribution < -0.4 is 4.74 Å². The zero-order chi connectivity index (χ0) is 12.3. The van der Waals surface area contributed by atoms with E-state index in [4.69, 9.17) is 16.3 Å². The molecule has 1 aromatic carbocycles. The van der Waals surface area contributed by atoms with Crippen LogP contribution in [0.5, 0.6) is 5.75 Å². The predicted octanol–water partition coefficient (Wildman–Crippen LogP) is 3.59. The topological polar surface area (TPSA) is 22.1 Å². The zero-order valence-corrected chi connectivity index (χ0v) is 9.42. The lowest BCUT2D eigenvalue weighted by molar-refractivity contribution is 0.289. The van der Waals surface area contributed by atoms with Gasteiger partial charge in [0.25, 0.3) is 0 Å². The second-order valence-electron chi connectivity index (χ2n) is 3.32. The monoisotopic (exact) mass is 255 g/mol. The maximum absolute atomic E-state index is 13.2. The van der Waals surface area contributed by atoms with E-state index in [1.165, 1.54) is 6.07 Å². The molecule has 0 saturated heterocycles. The number of ether oxygens (including phenoxy) is 1. The van der Waals surface area contributed by atoms with Gasteiger partial charge in [-0.05, 0) is 18.2 Å². The number of aromatic nitrogens is 1. The van der Waals surface area contributed by atoms with Gasteiger partial charge in [0.1, 0.15) is 17.6 Å². The van der Waals surface area contributed by atoms with Crippen LogP contribution in [0, 0.1) is 11.6 Å². The molecule has 1 aromatic heterocycles. The number of nitrogens with zero attached hydrogens (tertiary/aromatic N) is 1. The Bertz CT molecular complexity index is 534. The van der Waals surface area contributed by atoms with Crippen molar-refractivity contribution in [2.24, 2.45) is 0 Å². The van der Waals surface area contributed by atoms with E-state index in [0.717, 1.165) is 12.1 Å². The van der Waals surface area contributed by atoms with Gasteiger partial charge in [0.15, 0.2) is 11.6 Å². The fourth-order valence-corrected chi connectivity index (χ4v) is 1.45. The van der Waals surface area contributed by atoms with E-state index in [-0.39, 0.29) is 12.4 Å². The molecule has 0 spiro atoms. The highest BCUT2D eigenvalue weighted by molar-refractivity contribution is 6.30. The summed E-state index contributed by atoms with van der Waals surface area (Å²) in [5.41, 5.74) is 0.637. The predicted molar refractivity (Wildman–Crippen MR) is 59.9 cm³/mol. The Morgan fingerprint density at radius 1 is 1.24 bits per heavy atom. The summed E-state index contributed by atoms with van der Waals surface area (Å²) in [4.78, 5) is 3.86. The molecule has 0 unspecified atom stereocenters. The van der Waals surface area contributed by atoms with E-state index >= 15 is 0 Å². The van der Waals surface area contributed by atoms with Crippen molar-refractivity contribution in [2.75, 3.05) is 0 Å². The summed E-state index contributed by atoms with van der Waals surface area (Å²) in [6, 6.07) is 6.54. The lowest BCUT2D eigenvalue weighted by atomic mass is 10.3. The Hall–Kier alpha value is -1.68. The summed E-state index contributed by atoms with van der Waals surface area (Å²) in [5, 5.41) is 0.301. The SMILES string of the molecule is Fc1ccc(OCc2cccnc2Cl)c(F)c1. The number of halogens is 3. The van der Waals surface area contributed by atoms with Gasteiger partial charge < -0.3 is 4.74 Å². The first kappa shape index (κ1) is 11.8. The van der Waals surface area contributed by atoms with Gasteiger partial charge in [-0.3, -0.25) is 0 Å². The molecule has 0 fully saturated rings. The van der Waals surface area contributed by atoms with Crippen molar-refractivity contribution in [1.82, 2.24) is 4.98 Å². The Morgan fingerprint density at radius 2 is 2.06 bits per heavy atom. The maximum Gasteiger partial charge on any atom is 0.167 e. The standard InChI is InChI=1S/C12H8ClF2NO/c13-12-8(2-1-5-16-12)7-17-11-4-3-9(14)6-10(11)15/h1-6H,7H2. The maximum atomic E-state index is 13.2. The van der Waals surface area contributed by atoms with Crippen molar-refractivity contribution in [2.45, 2.75) is 6.61 Å². The van der Waals surface area contributed by atoms with Crippen molar-refractivity contribution in [3.05, 3.63) is 58.9 Å². The number of hydrogen-bond donors (Lipinski definition) is 0. The summed E-state index contributed by atoms with van der Waals surface area (Å²) in [6.07, 6.45) is 1.55. The first-order valence-corrected chi connectivity index (χ1v) is 5.22. The Balaban J connectivity index is 2.10. The van der Waals surface area contributed by atoms with Crippen LogP contribution >= 0.6 is 11.6 Å². The molecular weight excluding hydrogens is 248 g/mol. The van der Waals surface area contributed by atoms with Gasteiger partial charge in [0.2, 0.25) is 0 Å². The molecule has 2 rings (SSSR count). The number of hydrogen-bond acceptors (Lipinski definition) is 2. The van der Waals surface area contributed by atoms with Gasteiger partial charge in [0, 0.05) is 17.8 Å². The van der Waals surface area contributed by atoms with Gasteiger partial charge in [-0.25, -0.2) is 13.8 Å². The van der Waals surface area contributed by atoms with E-state index in [0.29, 0.717) is 10.7 Å². The molecule has 0 aliphatic heterocycles. The molecule has 0 aliphatic rings. The Morgan fingerprint density at radius 3 is 2.76 bits per heavy atom. The quantitative estimate of drug-likeness (QED) is 0.782. The van der Waals surface area contributed by atoms with Crippen molar-refractivity contribution in [3.63, 3.8) is 0 Å². The summed E-state index contributed by atoms with van der Waals surface area (Å²) in [5.74, 6) is -1.41. The van der Waals surface area contributed by atoms with Crippen molar-refractivity contribution in [1.29, 1.82) is 0 Å². The molecule has 0 N–H and O–H groups in total. The number of rotatable bonds is 3. The second kappa shape index (κ2) is 5.10. The number of benzene rings is 1. The van der Waals surface area contributed by atoms with Gasteiger partial charge in [-0.15, -0.1) is 0 Å². The van der Waals surface area contributed by atoms with E-state index in [2.05, 4.69) is 4.98 Å². The fraction of sp³-hybridized carbons (Fsp3) is 0.0833. The third-order valence-corrected chi connectivity index (χ3v) is 2.45. The second-order valence-corrected chi connectivity index (χ2v) is 3.67. The van der Waals surface area contributed by atoms with Crippen molar-refractivity contribution < 1.29 is 13.5 Å². The van der Waals surface area contributed by atoms with E-state index in [1.54, 1.807) is 18.3 Å². The van der Waals surface area contributed by atoms with Crippen LogP contribution in [-0.2, 0) is 6.61 Å². The third-order valence-electron chi connectivity index (χ3n) is 2.11. The van der Waals surface area contributed by atoms with Crippen LogP contribution in [0.25, 0.3) is 0 Å². The highest BCUT2D eigenvalue weighted by Crippen LogP contribution is 2.20. The molecule has 0 bridgehead atoms. The van der Waals surface area contributed by atoms with Gasteiger partial charge in [-0.2, -0.15) is 0 Å². The smallest absolute Gasteiger partial charge is 0.167 e. The molecule has 88 valence electrons. The zero-order valence-electron chi connectivity index (χ0n) is 8.66. The van der Waals surface area contributed by atoms with Crippen LogP contribution in [0.4, 0.5) is 8.78 Å². The van der Waals surface area contributed by atoms with Gasteiger partial charge in [-0.1, -0.05) is 17.7 Å². The summed E-state index contributed by atoms with van der Waals surface area (Å²) < 4.78 is 31.1. The van der Waals surface area contributed by atoms with Crippen LogP contribution in [0.2, 0.25) is 5.15 Å². The highest BCUT2D eigenvalue weighted by atomic mass is 35.5. The molecule has 5 heteroatoms. The lowest BCUT2D eigenvalue weighted by Gasteiger charge is -2.07. The minimum atomic E-state index is -0.745. The molecule has 0 radical (unpaired) electrons. The minimum absolute atomic E-state index is 0.0219. The van der Waals surface area contributed by atoms with E-state index < -0.39 is 11.6 Å². The summed E-state index contributed by atoms with van der Waals surface area (Å²) >= 11 is 5.81. The van der Waals surface area contributed by atoms with Crippen LogP contribution in [0.3, 0.4) is 0 Å². The molecule has 2 aromatic rings. The summed E-state index contributed by atoms with van der Waals surface area (Å²) in [7, 11) is 0. The lowest BCUT2D eigenvalue weighted by Crippen LogP contribution is -1.99. The first-order valence-electron chi connectivity index (χ1n) is 4.84. The highest BCUT2D eigenvalue weighted by Gasteiger charge is 2.06. The third kappa shape index (κ3) is 2.91. The van der Waals surface area contributed by atoms with Gasteiger partial charge >= 0.3 is 0 Å². The van der Waals surface area contributed by atoms with Crippen LogP contribution in [0.1, 0.15) is 5.56 Å². The summed E-state index contributed by atoms with van der Waals surface area (Å²) in [6.45, 7) is 0.0786. The largest absolute Gasteiger partial charge is 0.486 e. The molecule has 2 nitrogen and oxygen atoms in total. The van der Waals surface area contributed by atoms with Gasteiger partial charge in [0.05, 0.1) is 0 Å². The van der Waals surface area contributed by atoms with Crippen molar-refractivity contribution >= 4 is 11.6 Å². The number of pyridine rings is 1. The first-order chi connectivity index (χ1) is 8.16.